The number of para-hydroxylation sites is 1. The molecule has 3 heterocycles. The number of benzene rings is 2. The average molecular weight is 478 g/mol. The average Bonchev–Trinajstić information content (AvgIpc) is 3.21. The fourth-order valence-corrected chi connectivity index (χ4v) is 4.88. The molecule has 0 atom stereocenters. The highest BCUT2D eigenvalue weighted by molar-refractivity contribution is 7.71. The number of fused-ring (bicyclic) bond motifs is 2. The van der Waals surface area contributed by atoms with Gasteiger partial charge in [0.2, 0.25) is 10.7 Å². The van der Waals surface area contributed by atoms with Gasteiger partial charge in [0, 0.05) is 18.3 Å². The highest BCUT2D eigenvalue weighted by Gasteiger charge is 2.18. The number of hydrogen-bond donors (Lipinski definition) is 0. The zero-order valence-corrected chi connectivity index (χ0v) is 19.8. The van der Waals surface area contributed by atoms with Crippen molar-refractivity contribution < 1.29 is 13.9 Å². The van der Waals surface area contributed by atoms with E-state index in [1.807, 2.05) is 37.3 Å². The Kier molecular flexibility index (Phi) is 5.43. The number of ether oxygens (including phenoxy) is 2. The van der Waals surface area contributed by atoms with E-state index in [2.05, 4.69) is 23.0 Å². The maximum atomic E-state index is 13.2. The highest BCUT2D eigenvalue weighted by atomic mass is 32.1. The molecule has 2 aromatic carbocycles. The van der Waals surface area contributed by atoms with Crippen LogP contribution in [-0.4, -0.2) is 21.6 Å². The molecule has 0 bridgehead atoms. The topological polar surface area (TPSA) is 79.4 Å². The molecule has 5 aromatic rings. The third-order valence-corrected chi connectivity index (χ3v) is 6.57. The van der Waals surface area contributed by atoms with Gasteiger partial charge in [0.05, 0.1) is 17.3 Å². The maximum Gasteiger partial charge on any atom is 0.290 e. The van der Waals surface area contributed by atoms with Gasteiger partial charge in [-0.15, -0.1) is 0 Å². The Hall–Kier alpha value is -3.56. The SMILES string of the molecule is CCc1ccccc1Oc1cc2sc(-n3c(=S)oc4c(OC)ccnc4c3=O)nc2cc1C. The monoisotopic (exact) mass is 477 g/mol. The summed E-state index contributed by atoms with van der Waals surface area (Å²) in [5.74, 6) is 1.95. The molecule has 166 valence electrons. The summed E-state index contributed by atoms with van der Waals surface area (Å²) in [6, 6.07) is 13.5. The number of thiazole rings is 1. The summed E-state index contributed by atoms with van der Waals surface area (Å²) in [7, 11) is 1.49. The zero-order valence-electron chi connectivity index (χ0n) is 18.1. The number of aromatic nitrogens is 3. The Bertz CT molecular complexity index is 1640. The van der Waals surface area contributed by atoms with Crippen LogP contribution in [-0.2, 0) is 6.42 Å². The molecule has 0 fully saturated rings. The van der Waals surface area contributed by atoms with Crippen LogP contribution in [0.15, 0.2) is 57.9 Å². The fourth-order valence-electron chi connectivity index (χ4n) is 3.60. The van der Waals surface area contributed by atoms with E-state index in [0.717, 1.165) is 39.3 Å². The molecule has 5 rings (SSSR count). The third-order valence-electron chi connectivity index (χ3n) is 5.30. The molecule has 0 aliphatic heterocycles. The summed E-state index contributed by atoms with van der Waals surface area (Å²) < 4.78 is 19.4. The molecule has 0 radical (unpaired) electrons. The number of pyridine rings is 1. The van der Waals surface area contributed by atoms with E-state index in [9.17, 15) is 4.79 Å². The van der Waals surface area contributed by atoms with Crippen LogP contribution in [0.25, 0.3) is 26.4 Å². The van der Waals surface area contributed by atoms with Gasteiger partial charge in [-0.25, -0.2) is 14.5 Å². The van der Waals surface area contributed by atoms with Crippen molar-refractivity contribution in [3.8, 4) is 22.4 Å². The number of methoxy groups -OCH3 is 1. The molecular formula is C24H19N3O4S2. The molecule has 0 aliphatic rings. The van der Waals surface area contributed by atoms with Gasteiger partial charge in [-0.2, -0.15) is 0 Å². The van der Waals surface area contributed by atoms with Crippen LogP contribution in [0, 0.1) is 11.8 Å². The summed E-state index contributed by atoms with van der Waals surface area (Å²) in [6.45, 7) is 4.06. The van der Waals surface area contributed by atoms with Crippen LogP contribution in [0.2, 0.25) is 0 Å². The second kappa shape index (κ2) is 8.42. The van der Waals surface area contributed by atoms with E-state index in [1.165, 1.54) is 29.2 Å². The first-order chi connectivity index (χ1) is 16.0. The first kappa shape index (κ1) is 21.3. The van der Waals surface area contributed by atoms with Crippen LogP contribution >= 0.6 is 23.6 Å². The lowest BCUT2D eigenvalue weighted by Gasteiger charge is -2.11. The van der Waals surface area contributed by atoms with Gasteiger partial charge < -0.3 is 13.9 Å². The van der Waals surface area contributed by atoms with Crippen molar-refractivity contribution in [1.29, 1.82) is 0 Å². The van der Waals surface area contributed by atoms with Crippen molar-refractivity contribution in [2.45, 2.75) is 20.3 Å². The van der Waals surface area contributed by atoms with Gasteiger partial charge in [0.1, 0.15) is 11.5 Å². The second-order valence-electron chi connectivity index (χ2n) is 7.34. The van der Waals surface area contributed by atoms with Crippen LogP contribution in [0.4, 0.5) is 0 Å². The summed E-state index contributed by atoms with van der Waals surface area (Å²) in [6.07, 6.45) is 2.36. The minimum absolute atomic E-state index is 0.0251. The van der Waals surface area contributed by atoms with Gasteiger partial charge >= 0.3 is 0 Å². The van der Waals surface area contributed by atoms with E-state index in [1.54, 1.807) is 6.07 Å². The molecule has 0 saturated carbocycles. The fraction of sp³-hybridized carbons (Fsp3) is 0.167. The van der Waals surface area contributed by atoms with Gasteiger partial charge in [0.15, 0.2) is 11.3 Å². The van der Waals surface area contributed by atoms with Crippen LogP contribution < -0.4 is 15.0 Å². The Morgan fingerprint density at radius 3 is 2.76 bits per heavy atom. The second-order valence-corrected chi connectivity index (χ2v) is 8.70. The summed E-state index contributed by atoms with van der Waals surface area (Å²) in [5.41, 5.74) is 2.73. The molecule has 0 spiro atoms. The quantitative estimate of drug-likeness (QED) is 0.288. The predicted molar refractivity (Wildman–Crippen MR) is 131 cm³/mol. The van der Waals surface area contributed by atoms with Gasteiger partial charge in [-0.3, -0.25) is 4.79 Å². The molecule has 0 unspecified atom stereocenters. The number of nitrogens with zero attached hydrogens (tertiary/aromatic N) is 3. The van der Waals surface area contributed by atoms with Crippen molar-refractivity contribution in [1.82, 2.24) is 14.5 Å². The van der Waals surface area contributed by atoms with Gasteiger partial charge in [-0.1, -0.05) is 36.5 Å². The Morgan fingerprint density at radius 1 is 1.15 bits per heavy atom. The van der Waals surface area contributed by atoms with Crippen molar-refractivity contribution in [3.63, 3.8) is 0 Å². The normalized spacial score (nSPS) is 11.2. The minimum Gasteiger partial charge on any atom is -0.493 e. The molecule has 3 aromatic heterocycles. The minimum atomic E-state index is -0.413. The van der Waals surface area contributed by atoms with E-state index in [-0.39, 0.29) is 15.9 Å². The largest absolute Gasteiger partial charge is 0.493 e. The lowest BCUT2D eigenvalue weighted by molar-refractivity contribution is 0.404. The lowest BCUT2D eigenvalue weighted by atomic mass is 10.1. The highest BCUT2D eigenvalue weighted by Crippen LogP contribution is 2.35. The molecule has 0 saturated heterocycles. The Morgan fingerprint density at radius 2 is 1.97 bits per heavy atom. The number of hydrogen-bond acceptors (Lipinski definition) is 8. The predicted octanol–water partition coefficient (Wildman–Crippen LogP) is 5.99. The number of rotatable bonds is 5. The summed E-state index contributed by atoms with van der Waals surface area (Å²) in [4.78, 5) is 22.0. The van der Waals surface area contributed by atoms with Crippen molar-refractivity contribution in [3.05, 3.63) is 75.0 Å². The first-order valence-corrected chi connectivity index (χ1v) is 11.5. The Balaban J connectivity index is 1.63. The standard InChI is InChI=1S/C24H19N3O4S2/c1-4-14-7-5-6-8-16(14)30-18-12-19-15(11-13(18)2)26-23(33-19)27-22(28)20-21(31-24(27)32)17(29-3)9-10-25-20/h5-12H,4H2,1-3H3. The lowest BCUT2D eigenvalue weighted by Crippen LogP contribution is -2.20. The summed E-state index contributed by atoms with van der Waals surface area (Å²) in [5, 5.41) is 0.403. The molecule has 9 heteroatoms. The van der Waals surface area contributed by atoms with Gasteiger partial charge in [-0.05, 0) is 48.8 Å². The Labute approximate surface area is 197 Å². The first-order valence-electron chi connectivity index (χ1n) is 10.3. The van der Waals surface area contributed by atoms with Crippen molar-refractivity contribution >= 4 is 44.9 Å². The molecule has 7 nitrogen and oxygen atoms in total. The zero-order chi connectivity index (χ0) is 23.1. The summed E-state index contributed by atoms with van der Waals surface area (Å²) >= 11 is 6.71. The molecule has 0 N–H and O–H groups in total. The van der Waals surface area contributed by atoms with E-state index in [4.69, 9.17) is 26.1 Å². The maximum absolute atomic E-state index is 13.2. The number of aryl methyl sites for hydroxylation is 2. The van der Waals surface area contributed by atoms with Crippen LogP contribution in [0.3, 0.4) is 0 Å². The van der Waals surface area contributed by atoms with Crippen molar-refractivity contribution in [2.75, 3.05) is 7.11 Å². The van der Waals surface area contributed by atoms with Crippen molar-refractivity contribution in [2.24, 2.45) is 0 Å². The third kappa shape index (κ3) is 3.69. The molecule has 0 aliphatic carbocycles. The smallest absolute Gasteiger partial charge is 0.290 e. The van der Waals surface area contributed by atoms with Gasteiger partial charge in [0.25, 0.3) is 10.4 Å². The van der Waals surface area contributed by atoms with Crippen LogP contribution in [0.1, 0.15) is 18.1 Å². The van der Waals surface area contributed by atoms with E-state index < -0.39 is 5.56 Å². The molecular weight excluding hydrogens is 458 g/mol. The van der Waals surface area contributed by atoms with E-state index in [0.29, 0.717) is 10.9 Å². The molecule has 0 amide bonds. The van der Waals surface area contributed by atoms with Crippen LogP contribution in [0.5, 0.6) is 17.2 Å². The van der Waals surface area contributed by atoms with E-state index >= 15 is 0 Å². The molecule has 33 heavy (non-hydrogen) atoms.